The number of aliphatic imine (C=N–C) groups is 1. The predicted molar refractivity (Wildman–Crippen MR) is 89.6 cm³/mol. The molecule has 1 saturated carbocycles. The first-order chi connectivity index (χ1) is 10.3. The van der Waals surface area contributed by atoms with E-state index in [1.165, 1.54) is 6.42 Å². The number of guanidine groups is 1. The number of nitrogens with one attached hydrogen (secondary N) is 3. The van der Waals surface area contributed by atoms with Crippen LogP contribution in [0.15, 0.2) is 4.99 Å². The number of rotatable bonds is 9. The summed E-state index contributed by atoms with van der Waals surface area (Å²) in [4.78, 5) is 4.07. The van der Waals surface area contributed by atoms with Gasteiger partial charge in [0, 0.05) is 33.8 Å². The van der Waals surface area contributed by atoms with E-state index in [4.69, 9.17) is 4.74 Å². The lowest BCUT2D eigenvalue weighted by molar-refractivity contribution is 0.0268. The van der Waals surface area contributed by atoms with Gasteiger partial charge in [0.2, 0.25) is 10.0 Å². The summed E-state index contributed by atoms with van der Waals surface area (Å²) >= 11 is 0. The largest absolute Gasteiger partial charge is 0.377 e. The van der Waals surface area contributed by atoms with Gasteiger partial charge in [-0.05, 0) is 32.6 Å². The molecule has 1 aliphatic rings. The molecule has 0 radical (unpaired) electrons. The van der Waals surface area contributed by atoms with Crippen molar-refractivity contribution in [3.8, 4) is 0 Å². The van der Waals surface area contributed by atoms with Crippen LogP contribution >= 0.6 is 0 Å². The molecule has 22 heavy (non-hydrogen) atoms. The summed E-state index contributed by atoms with van der Waals surface area (Å²) in [5.41, 5.74) is -0.311. The van der Waals surface area contributed by atoms with E-state index in [0.29, 0.717) is 31.5 Å². The Hall–Kier alpha value is -0.860. The van der Waals surface area contributed by atoms with Gasteiger partial charge < -0.3 is 15.4 Å². The molecule has 1 aliphatic carbocycles. The van der Waals surface area contributed by atoms with Crippen LogP contribution in [-0.4, -0.2) is 59.5 Å². The number of methoxy groups -OCH3 is 1. The Bertz CT molecular complexity index is 459. The zero-order valence-electron chi connectivity index (χ0n) is 14.1. The van der Waals surface area contributed by atoms with Gasteiger partial charge >= 0.3 is 0 Å². The molecule has 0 aromatic heterocycles. The van der Waals surface area contributed by atoms with Gasteiger partial charge in [0.15, 0.2) is 5.96 Å². The van der Waals surface area contributed by atoms with Crippen molar-refractivity contribution in [1.29, 1.82) is 0 Å². The molecular weight excluding hydrogens is 304 g/mol. The van der Waals surface area contributed by atoms with E-state index in [1.807, 2.05) is 13.8 Å². The molecule has 0 aromatic carbocycles. The van der Waals surface area contributed by atoms with Crippen LogP contribution < -0.4 is 15.4 Å². The molecule has 0 aliphatic heterocycles. The molecule has 0 saturated heterocycles. The topological polar surface area (TPSA) is 91.8 Å². The average molecular weight is 334 g/mol. The molecule has 0 heterocycles. The summed E-state index contributed by atoms with van der Waals surface area (Å²) in [5.74, 6) is 1.13. The van der Waals surface area contributed by atoms with E-state index in [1.54, 1.807) is 14.2 Å². The monoisotopic (exact) mass is 334 g/mol. The molecule has 0 aromatic rings. The molecule has 0 unspecified atom stereocenters. The van der Waals surface area contributed by atoms with Crippen molar-refractivity contribution < 1.29 is 13.2 Å². The molecule has 0 atom stereocenters. The van der Waals surface area contributed by atoms with E-state index >= 15 is 0 Å². The smallest absolute Gasteiger partial charge is 0.213 e. The van der Waals surface area contributed by atoms with Crippen molar-refractivity contribution in [2.75, 3.05) is 39.5 Å². The Balaban J connectivity index is 2.25. The lowest BCUT2D eigenvalue weighted by Crippen LogP contribution is -2.46. The first-order valence-electron chi connectivity index (χ1n) is 7.75. The van der Waals surface area contributed by atoms with Crippen LogP contribution in [0.25, 0.3) is 0 Å². The molecule has 8 heteroatoms. The minimum atomic E-state index is -3.22. The van der Waals surface area contributed by atoms with Gasteiger partial charge in [0.1, 0.15) is 0 Å². The van der Waals surface area contributed by atoms with Crippen molar-refractivity contribution in [1.82, 2.24) is 15.4 Å². The second-order valence-electron chi connectivity index (χ2n) is 6.28. The summed E-state index contributed by atoms with van der Waals surface area (Å²) in [6, 6.07) is 0. The summed E-state index contributed by atoms with van der Waals surface area (Å²) in [5, 5.41) is 6.12. The zero-order chi connectivity index (χ0) is 16.6. The van der Waals surface area contributed by atoms with Crippen molar-refractivity contribution >= 4 is 16.0 Å². The Kier molecular flexibility index (Phi) is 7.58. The van der Waals surface area contributed by atoms with Crippen LogP contribution in [-0.2, 0) is 14.8 Å². The molecule has 1 fully saturated rings. The Labute approximate surface area is 134 Å². The molecule has 1 rings (SSSR count). The SMILES string of the molecule is CN=C(NCCS(=O)(=O)NCC1CCC1)NCC(C)(C)OC. The van der Waals surface area contributed by atoms with Gasteiger partial charge in [0.25, 0.3) is 0 Å². The standard InChI is InChI=1S/C14H30N4O3S/c1-14(2,21-4)11-17-13(15-3)16-8-9-22(19,20)18-10-12-6-5-7-12/h12,18H,5-11H2,1-4H3,(H2,15,16,17). The highest BCUT2D eigenvalue weighted by molar-refractivity contribution is 7.89. The third-order valence-electron chi connectivity index (χ3n) is 3.94. The van der Waals surface area contributed by atoms with E-state index < -0.39 is 10.0 Å². The average Bonchev–Trinajstić information content (AvgIpc) is 2.40. The fourth-order valence-corrected chi connectivity index (χ4v) is 2.91. The minimum Gasteiger partial charge on any atom is -0.377 e. The number of hydrogen-bond acceptors (Lipinski definition) is 4. The highest BCUT2D eigenvalue weighted by Gasteiger charge is 2.20. The van der Waals surface area contributed by atoms with Crippen LogP contribution in [0.5, 0.6) is 0 Å². The minimum absolute atomic E-state index is 0.0358. The quantitative estimate of drug-likeness (QED) is 0.416. The number of ether oxygens (including phenoxy) is 1. The highest BCUT2D eigenvalue weighted by atomic mass is 32.2. The molecule has 7 nitrogen and oxygen atoms in total. The van der Waals surface area contributed by atoms with Crippen LogP contribution in [0.3, 0.4) is 0 Å². The molecule has 3 N–H and O–H groups in total. The maximum Gasteiger partial charge on any atom is 0.213 e. The summed E-state index contributed by atoms with van der Waals surface area (Å²) in [6.45, 7) is 5.38. The first kappa shape index (κ1) is 19.2. The lowest BCUT2D eigenvalue weighted by Gasteiger charge is -2.25. The lowest BCUT2D eigenvalue weighted by atomic mass is 9.86. The number of hydrogen-bond donors (Lipinski definition) is 3. The summed E-state index contributed by atoms with van der Waals surface area (Å²) in [7, 11) is 0.0776. The first-order valence-corrected chi connectivity index (χ1v) is 9.40. The van der Waals surface area contributed by atoms with E-state index in [2.05, 4.69) is 20.3 Å². The molecule has 0 bridgehead atoms. The predicted octanol–water partition coefficient (Wildman–Crippen LogP) is 0.296. The van der Waals surface area contributed by atoms with Crippen LogP contribution in [0.2, 0.25) is 0 Å². The zero-order valence-corrected chi connectivity index (χ0v) is 14.9. The number of sulfonamides is 1. The second-order valence-corrected chi connectivity index (χ2v) is 8.21. The van der Waals surface area contributed by atoms with Crippen molar-refractivity contribution in [3.05, 3.63) is 0 Å². The maximum absolute atomic E-state index is 11.9. The van der Waals surface area contributed by atoms with E-state index in [0.717, 1.165) is 12.8 Å². The van der Waals surface area contributed by atoms with Crippen LogP contribution in [0.1, 0.15) is 33.1 Å². The van der Waals surface area contributed by atoms with Gasteiger partial charge in [-0.3, -0.25) is 4.99 Å². The second kappa shape index (κ2) is 8.69. The normalized spacial score (nSPS) is 17.2. The Morgan fingerprint density at radius 3 is 2.50 bits per heavy atom. The Morgan fingerprint density at radius 2 is 2.00 bits per heavy atom. The molecule has 0 spiro atoms. The third-order valence-corrected chi connectivity index (χ3v) is 5.29. The molecule has 130 valence electrons. The van der Waals surface area contributed by atoms with Gasteiger partial charge in [-0.1, -0.05) is 6.42 Å². The van der Waals surface area contributed by atoms with Crippen molar-refractivity contribution in [2.24, 2.45) is 10.9 Å². The number of nitrogens with zero attached hydrogens (tertiary/aromatic N) is 1. The van der Waals surface area contributed by atoms with Crippen molar-refractivity contribution in [2.45, 2.75) is 38.7 Å². The van der Waals surface area contributed by atoms with E-state index in [-0.39, 0.29) is 11.4 Å². The fraction of sp³-hybridized carbons (Fsp3) is 0.929. The Morgan fingerprint density at radius 1 is 1.32 bits per heavy atom. The molecule has 0 amide bonds. The highest BCUT2D eigenvalue weighted by Crippen LogP contribution is 2.25. The summed E-state index contributed by atoms with van der Waals surface area (Å²) in [6.07, 6.45) is 3.48. The molecular formula is C14H30N4O3S. The maximum atomic E-state index is 11.9. The summed E-state index contributed by atoms with van der Waals surface area (Å²) < 4.78 is 31.7. The van der Waals surface area contributed by atoms with Gasteiger partial charge in [-0.2, -0.15) is 0 Å². The van der Waals surface area contributed by atoms with Crippen LogP contribution in [0.4, 0.5) is 0 Å². The fourth-order valence-electron chi connectivity index (χ4n) is 1.91. The van der Waals surface area contributed by atoms with Gasteiger partial charge in [-0.25, -0.2) is 13.1 Å². The van der Waals surface area contributed by atoms with Gasteiger partial charge in [-0.15, -0.1) is 0 Å². The van der Waals surface area contributed by atoms with Crippen molar-refractivity contribution in [3.63, 3.8) is 0 Å². The van der Waals surface area contributed by atoms with Gasteiger partial charge in [0.05, 0.1) is 11.4 Å². The third kappa shape index (κ3) is 7.42. The van der Waals surface area contributed by atoms with Crippen LogP contribution in [0, 0.1) is 5.92 Å². The van der Waals surface area contributed by atoms with E-state index in [9.17, 15) is 8.42 Å².